The maximum Gasteiger partial charge on any atom is 0.220 e. The largest absolute Gasteiger partial charge is 0.356 e. The molecule has 0 spiro atoms. The lowest BCUT2D eigenvalue weighted by Gasteiger charge is -2.33. The summed E-state index contributed by atoms with van der Waals surface area (Å²) in [5.74, 6) is 0.216. The van der Waals surface area contributed by atoms with Crippen LogP contribution in [0.15, 0.2) is 0 Å². The summed E-state index contributed by atoms with van der Waals surface area (Å²) in [6, 6.07) is 0. The van der Waals surface area contributed by atoms with Gasteiger partial charge in [-0.05, 0) is 37.6 Å². The number of carbonyl (C=O) groups is 1. The fourth-order valence-corrected chi connectivity index (χ4v) is 2.59. The van der Waals surface area contributed by atoms with E-state index in [1.807, 2.05) is 0 Å². The Morgan fingerprint density at radius 3 is 2.53 bits per heavy atom. The minimum absolute atomic E-state index is 0.216. The van der Waals surface area contributed by atoms with E-state index in [0.717, 1.165) is 32.4 Å². The maximum absolute atomic E-state index is 11.6. The molecule has 100 valence electrons. The van der Waals surface area contributed by atoms with Crippen LogP contribution in [0.3, 0.4) is 0 Å². The molecular formula is C14H28N2O. The molecule has 0 bridgehead atoms. The van der Waals surface area contributed by atoms with E-state index in [1.165, 1.54) is 32.1 Å². The van der Waals surface area contributed by atoms with E-state index in [-0.39, 0.29) is 5.91 Å². The number of nitrogens with one attached hydrogen (secondary N) is 1. The van der Waals surface area contributed by atoms with Gasteiger partial charge >= 0.3 is 0 Å². The molecule has 0 heterocycles. The monoisotopic (exact) mass is 240 g/mol. The highest BCUT2D eigenvalue weighted by atomic mass is 16.1. The maximum atomic E-state index is 11.6. The first-order valence-corrected chi connectivity index (χ1v) is 7.13. The standard InChI is InChI=1S/C14H28N2O/c1-14(9-5-3-6-10-14)12-16-13(17)8-4-2-7-11-15/h2-12,15H2,1H3,(H,16,17). The van der Waals surface area contributed by atoms with E-state index in [1.54, 1.807) is 0 Å². The van der Waals surface area contributed by atoms with Crippen LogP contribution in [-0.2, 0) is 4.79 Å². The van der Waals surface area contributed by atoms with Crippen LogP contribution in [0.1, 0.15) is 64.7 Å². The molecule has 1 rings (SSSR count). The zero-order valence-electron chi connectivity index (χ0n) is 11.3. The molecule has 1 amide bonds. The summed E-state index contributed by atoms with van der Waals surface area (Å²) >= 11 is 0. The normalized spacial score (nSPS) is 18.9. The molecule has 0 saturated heterocycles. The van der Waals surface area contributed by atoms with Crippen molar-refractivity contribution < 1.29 is 4.79 Å². The van der Waals surface area contributed by atoms with Gasteiger partial charge in [0.2, 0.25) is 5.91 Å². The summed E-state index contributed by atoms with van der Waals surface area (Å²) < 4.78 is 0. The predicted octanol–water partition coefficient (Wildman–Crippen LogP) is 2.59. The molecular weight excluding hydrogens is 212 g/mol. The lowest BCUT2D eigenvalue weighted by atomic mass is 9.76. The van der Waals surface area contributed by atoms with E-state index in [0.29, 0.717) is 11.8 Å². The Kier molecular flexibility index (Phi) is 6.56. The topological polar surface area (TPSA) is 55.1 Å². The van der Waals surface area contributed by atoms with E-state index in [9.17, 15) is 4.79 Å². The second kappa shape index (κ2) is 7.70. The molecule has 0 aromatic rings. The van der Waals surface area contributed by atoms with Crippen molar-refractivity contribution in [1.82, 2.24) is 5.32 Å². The number of carbonyl (C=O) groups excluding carboxylic acids is 1. The van der Waals surface area contributed by atoms with Crippen molar-refractivity contribution in [3.8, 4) is 0 Å². The van der Waals surface area contributed by atoms with E-state index < -0.39 is 0 Å². The smallest absolute Gasteiger partial charge is 0.220 e. The third-order valence-electron chi connectivity index (χ3n) is 3.88. The van der Waals surface area contributed by atoms with Crippen LogP contribution in [0.5, 0.6) is 0 Å². The zero-order chi connectivity index (χ0) is 12.6. The molecule has 0 aromatic carbocycles. The molecule has 1 saturated carbocycles. The molecule has 0 aliphatic heterocycles. The summed E-state index contributed by atoms with van der Waals surface area (Å²) in [6.45, 7) is 3.91. The first-order chi connectivity index (χ1) is 8.16. The zero-order valence-corrected chi connectivity index (χ0v) is 11.3. The average molecular weight is 240 g/mol. The summed E-state index contributed by atoms with van der Waals surface area (Å²) in [4.78, 5) is 11.6. The molecule has 0 atom stereocenters. The van der Waals surface area contributed by atoms with Gasteiger partial charge in [0.1, 0.15) is 0 Å². The highest BCUT2D eigenvalue weighted by Gasteiger charge is 2.26. The summed E-state index contributed by atoms with van der Waals surface area (Å²) in [6.07, 6.45) is 10.3. The average Bonchev–Trinajstić information content (AvgIpc) is 2.33. The minimum Gasteiger partial charge on any atom is -0.356 e. The predicted molar refractivity (Wildman–Crippen MR) is 71.7 cm³/mol. The number of hydrogen-bond acceptors (Lipinski definition) is 2. The highest BCUT2D eigenvalue weighted by molar-refractivity contribution is 5.75. The Hall–Kier alpha value is -0.570. The quantitative estimate of drug-likeness (QED) is 0.672. The van der Waals surface area contributed by atoms with E-state index in [2.05, 4.69) is 12.2 Å². The summed E-state index contributed by atoms with van der Waals surface area (Å²) in [7, 11) is 0. The van der Waals surface area contributed by atoms with Crippen LogP contribution in [0.2, 0.25) is 0 Å². The number of amides is 1. The van der Waals surface area contributed by atoms with Crippen molar-refractivity contribution in [3.63, 3.8) is 0 Å². The molecule has 3 heteroatoms. The van der Waals surface area contributed by atoms with Gasteiger partial charge in [-0.2, -0.15) is 0 Å². The number of hydrogen-bond donors (Lipinski definition) is 2. The van der Waals surface area contributed by atoms with Crippen LogP contribution < -0.4 is 11.1 Å². The van der Waals surface area contributed by atoms with Crippen LogP contribution in [0.25, 0.3) is 0 Å². The van der Waals surface area contributed by atoms with Crippen molar-refractivity contribution in [2.24, 2.45) is 11.1 Å². The van der Waals surface area contributed by atoms with Gasteiger partial charge in [0, 0.05) is 13.0 Å². The van der Waals surface area contributed by atoms with Gasteiger partial charge in [-0.1, -0.05) is 32.6 Å². The number of unbranched alkanes of at least 4 members (excludes halogenated alkanes) is 2. The SMILES string of the molecule is CC1(CNC(=O)CCCCCN)CCCCC1. The highest BCUT2D eigenvalue weighted by Crippen LogP contribution is 2.34. The fourth-order valence-electron chi connectivity index (χ4n) is 2.59. The third kappa shape index (κ3) is 6.06. The summed E-state index contributed by atoms with van der Waals surface area (Å²) in [5, 5.41) is 3.10. The van der Waals surface area contributed by atoms with Gasteiger partial charge in [0.15, 0.2) is 0 Å². The van der Waals surface area contributed by atoms with Gasteiger partial charge in [0.05, 0.1) is 0 Å². The number of nitrogens with two attached hydrogens (primary N) is 1. The molecule has 1 aliphatic carbocycles. The molecule has 3 nitrogen and oxygen atoms in total. The van der Waals surface area contributed by atoms with Gasteiger partial charge in [-0.25, -0.2) is 0 Å². The Morgan fingerprint density at radius 2 is 1.88 bits per heavy atom. The Labute approximate surface area is 106 Å². The second-order valence-corrected chi connectivity index (χ2v) is 5.75. The first kappa shape index (κ1) is 14.5. The van der Waals surface area contributed by atoms with Crippen LogP contribution in [-0.4, -0.2) is 19.0 Å². The van der Waals surface area contributed by atoms with E-state index >= 15 is 0 Å². The Bertz CT molecular complexity index is 222. The Balaban J connectivity index is 2.10. The van der Waals surface area contributed by atoms with Crippen molar-refractivity contribution in [3.05, 3.63) is 0 Å². The molecule has 17 heavy (non-hydrogen) atoms. The summed E-state index contributed by atoms with van der Waals surface area (Å²) in [5.41, 5.74) is 5.77. The van der Waals surface area contributed by atoms with E-state index in [4.69, 9.17) is 5.73 Å². The lowest BCUT2D eigenvalue weighted by molar-refractivity contribution is -0.121. The van der Waals surface area contributed by atoms with Crippen LogP contribution >= 0.6 is 0 Å². The Morgan fingerprint density at radius 1 is 1.18 bits per heavy atom. The molecule has 1 fully saturated rings. The van der Waals surface area contributed by atoms with Crippen molar-refractivity contribution in [2.45, 2.75) is 64.7 Å². The van der Waals surface area contributed by atoms with Gasteiger partial charge in [-0.3, -0.25) is 4.79 Å². The van der Waals surface area contributed by atoms with Crippen molar-refractivity contribution in [1.29, 1.82) is 0 Å². The molecule has 3 N–H and O–H groups in total. The van der Waals surface area contributed by atoms with Crippen LogP contribution in [0.4, 0.5) is 0 Å². The first-order valence-electron chi connectivity index (χ1n) is 7.13. The third-order valence-corrected chi connectivity index (χ3v) is 3.88. The lowest BCUT2D eigenvalue weighted by Crippen LogP contribution is -2.36. The van der Waals surface area contributed by atoms with Gasteiger partial charge in [-0.15, -0.1) is 0 Å². The van der Waals surface area contributed by atoms with Crippen molar-refractivity contribution >= 4 is 5.91 Å². The molecule has 1 aliphatic rings. The molecule has 0 unspecified atom stereocenters. The molecule has 0 radical (unpaired) electrons. The number of rotatable bonds is 7. The second-order valence-electron chi connectivity index (χ2n) is 5.75. The van der Waals surface area contributed by atoms with Crippen LogP contribution in [0, 0.1) is 5.41 Å². The van der Waals surface area contributed by atoms with Gasteiger partial charge < -0.3 is 11.1 Å². The fraction of sp³-hybridized carbons (Fsp3) is 0.929. The van der Waals surface area contributed by atoms with Crippen molar-refractivity contribution in [2.75, 3.05) is 13.1 Å². The van der Waals surface area contributed by atoms with Gasteiger partial charge in [0.25, 0.3) is 0 Å². The minimum atomic E-state index is 0.216. The molecule has 0 aromatic heterocycles.